The first-order valence-corrected chi connectivity index (χ1v) is 7.76. The molecule has 0 fully saturated rings. The van der Waals surface area contributed by atoms with Crippen LogP contribution in [0.5, 0.6) is 5.75 Å². The molecule has 2 aromatic rings. The largest absolute Gasteiger partial charge is 0.493 e. The van der Waals surface area contributed by atoms with E-state index in [0.29, 0.717) is 12.2 Å². The van der Waals surface area contributed by atoms with Crippen LogP contribution >= 0.6 is 0 Å². The summed E-state index contributed by atoms with van der Waals surface area (Å²) in [6, 6.07) is 15.8. The van der Waals surface area contributed by atoms with Crippen LogP contribution in [0.15, 0.2) is 48.5 Å². The molecule has 0 radical (unpaired) electrons. The summed E-state index contributed by atoms with van der Waals surface area (Å²) in [7, 11) is 0. The fourth-order valence-corrected chi connectivity index (χ4v) is 2.82. The van der Waals surface area contributed by atoms with Gasteiger partial charge in [-0.15, -0.1) is 0 Å². The number of hydrogen-bond donors (Lipinski definition) is 1. The second-order valence-corrected chi connectivity index (χ2v) is 5.93. The van der Waals surface area contributed by atoms with Gasteiger partial charge in [0.05, 0.1) is 12.1 Å². The Morgan fingerprint density at radius 2 is 2.00 bits per heavy atom. The molecule has 0 aliphatic carbocycles. The van der Waals surface area contributed by atoms with E-state index >= 15 is 0 Å². The molecule has 1 unspecified atom stereocenters. The number of hydrogen-bond acceptors (Lipinski definition) is 2. The van der Waals surface area contributed by atoms with Gasteiger partial charge < -0.3 is 10.1 Å². The molecule has 2 aromatic carbocycles. The standard InChI is InChI=1S/C19H21NO2/c1-3-19(2,16-7-5-4-6-8-16)20-18(21)15-9-10-17-14(13-15)11-12-22-17/h4-10,13H,3,11-12H2,1-2H3,(H,20,21). The average Bonchev–Trinajstić information content (AvgIpc) is 3.03. The van der Waals surface area contributed by atoms with Crippen molar-refractivity contribution < 1.29 is 9.53 Å². The molecule has 1 atom stereocenters. The molecule has 22 heavy (non-hydrogen) atoms. The molecular formula is C19H21NO2. The monoisotopic (exact) mass is 295 g/mol. The molecule has 3 heteroatoms. The number of carbonyl (C=O) groups is 1. The summed E-state index contributed by atoms with van der Waals surface area (Å²) in [6.07, 6.45) is 1.71. The molecule has 0 bridgehead atoms. The molecule has 3 rings (SSSR count). The Morgan fingerprint density at radius 1 is 1.23 bits per heavy atom. The lowest BCUT2D eigenvalue weighted by atomic mass is 9.89. The summed E-state index contributed by atoms with van der Waals surface area (Å²) >= 11 is 0. The van der Waals surface area contributed by atoms with Crippen LogP contribution in [0.4, 0.5) is 0 Å². The number of fused-ring (bicyclic) bond motifs is 1. The van der Waals surface area contributed by atoms with E-state index in [9.17, 15) is 4.79 Å². The molecule has 1 N–H and O–H groups in total. The van der Waals surface area contributed by atoms with E-state index in [4.69, 9.17) is 4.74 Å². The highest BCUT2D eigenvalue weighted by molar-refractivity contribution is 5.95. The van der Waals surface area contributed by atoms with Crippen LogP contribution in [0.3, 0.4) is 0 Å². The molecule has 1 amide bonds. The van der Waals surface area contributed by atoms with Crippen molar-refractivity contribution in [1.82, 2.24) is 5.32 Å². The number of ether oxygens (including phenoxy) is 1. The van der Waals surface area contributed by atoms with Gasteiger partial charge in [-0.25, -0.2) is 0 Å². The Balaban J connectivity index is 1.83. The maximum atomic E-state index is 12.6. The number of nitrogens with one attached hydrogen (secondary N) is 1. The van der Waals surface area contributed by atoms with E-state index < -0.39 is 0 Å². The fourth-order valence-electron chi connectivity index (χ4n) is 2.82. The summed E-state index contributed by atoms with van der Waals surface area (Å²) in [6.45, 7) is 4.86. The van der Waals surface area contributed by atoms with Crippen LogP contribution in [-0.2, 0) is 12.0 Å². The SMILES string of the molecule is CCC(C)(NC(=O)c1ccc2c(c1)CCO2)c1ccccc1. The molecule has 114 valence electrons. The van der Waals surface area contributed by atoms with Crippen LogP contribution in [0.2, 0.25) is 0 Å². The molecule has 0 saturated heterocycles. The van der Waals surface area contributed by atoms with Gasteiger partial charge in [0, 0.05) is 12.0 Å². The number of rotatable bonds is 4. The minimum Gasteiger partial charge on any atom is -0.493 e. The molecule has 1 heterocycles. The van der Waals surface area contributed by atoms with Crippen molar-refractivity contribution in [1.29, 1.82) is 0 Å². The fraction of sp³-hybridized carbons (Fsp3) is 0.316. The second-order valence-electron chi connectivity index (χ2n) is 5.93. The highest BCUT2D eigenvalue weighted by Crippen LogP contribution is 2.28. The van der Waals surface area contributed by atoms with Gasteiger partial charge in [0.25, 0.3) is 5.91 Å². The van der Waals surface area contributed by atoms with E-state index in [1.807, 2.05) is 36.4 Å². The van der Waals surface area contributed by atoms with Crippen LogP contribution in [-0.4, -0.2) is 12.5 Å². The Hall–Kier alpha value is -2.29. The van der Waals surface area contributed by atoms with Gasteiger partial charge >= 0.3 is 0 Å². The maximum absolute atomic E-state index is 12.6. The summed E-state index contributed by atoms with van der Waals surface area (Å²) in [5, 5.41) is 3.19. The average molecular weight is 295 g/mol. The first-order chi connectivity index (χ1) is 10.6. The molecule has 1 aliphatic heterocycles. The van der Waals surface area contributed by atoms with Gasteiger partial charge in [0.15, 0.2) is 0 Å². The molecule has 0 saturated carbocycles. The first kappa shape index (κ1) is 14.6. The van der Waals surface area contributed by atoms with Crippen molar-refractivity contribution in [3.63, 3.8) is 0 Å². The summed E-state index contributed by atoms with van der Waals surface area (Å²) in [5.74, 6) is 0.862. The third-order valence-corrected chi connectivity index (χ3v) is 4.46. The van der Waals surface area contributed by atoms with E-state index in [1.165, 1.54) is 0 Å². The zero-order valence-corrected chi connectivity index (χ0v) is 13.1. The topological polar surface area (TPSA) is 38.3 Å². The number of benzene rings is 2. The third kappa shape index (κ3) is 2.71. The van der Waals surface area contributed by atoms with Crippen molar-refractivity contribution in [3.8, 4) is 5.75 Å². The summed E-state index contributed by atoms with van der Waals surface area (Å²) in [4.78, 5) is 12.6. The number of carbonyl (C=O) groups excluding carboxylic acids is 1. The van der Waals surface area contributed by atoms with Gasteiger partial charge in [0.2, 0.25) is 0 Å². The van der Waals surface area contributed by atoms with Gasteiger partial charge in [-0.1, -0.05) is 37.3 Å². The molecular weight excluding hydrogens is 274 g/mol. The van der Waals surface area contributed by atoms with Crippen LogP contribution in [0.1, 0.15) is 41.8 Å². The van der Waals surface area contributed by atoms with Crippen LogP contribution in [0.25, 0.3) is 0 Å². The van der Waals surface area contributed by atoms with Crippen LogP contribution < -0.4 is 10.1 Å². The quantitative estimate of drug-likeness (QED) is 0.934. The number of amides is 1. The third-order valence-electron chi connectivity index (χ3n) is 4.46. The lowest BCUT2D eigenvalue weighted by Gasteiger charge is -2.30. The van der Waals surface area contributed by atoms with E-state index in [1.54, 1.807) is 0 Å². The molecule has 3 nitrogen and oxygen atoms in total. The maximum Gasteiger partial charge on any atom is 0.251 e. The van der Waals surface area contributed by atoms with Crippen molar-refractivity contribution in [2.24, 2.45) is 0 Å². The normalized spacial score (nSPS) is 15.5. The van der Waals surface area contributed by atoms with Gasteiger partial charge in [-0.2, -0.15) is 0 Å². The second kappa shape index (κ2) is 5.84. The first-order valence-electron chi connectivity index (χ1n) is 7.76. The lowest BCUT2D eigenvalue weighted by molar-refractivity contribution is 0.0902. The Morgan fingerprint density at radius 3 is 2.73 bits per heavy atom. The van der Waals surface area contributed by atoms with Gasteiger partial charge in [-0.3, -0.25) is 4.79 Å². The van der Waals surface area contributed by atoms with E-state index in [-0.39, 0.29) is 11.4 Å². The molecule has 0 aromatic heterocycles. The minimum atomic E-state index is -0.367. The highest BCUT2D eigenvalue weighted by Gasteiger charge is 2.27. The van der Waals surface area contributed by atoms with E-state index in [2.05, 4.69) is 31.3 Å². The molecule has 0 spiro atoms. The summed E-state index contributed by atoms with van der Waals surface area (Å²) < 4.78 is 5.49. The Kier molecular flexibility index (Phi) is 3.88. The summed E-state index contributed by atoms with van der Waals surface area (Å²) in [5.41, 5.74) is 2.56. The van der Waals surface area contributed by atoms with Crippen molar-refractivity contribution in [2.45, 2.75) is 32.2 Å². The highest BCUT2D eigenvalue weighted by atomic mass is 16.5. The lowest BCUT2D eigenvalue weighted by Crippen LogP contribution is -2.43. The van der Waals surface area contributed by atoms with E-state index in [0.717, 1.165) is 29.7 Å². The van der Waals surface area contributed by atoms with Gasteiger partial charge in [-0.05, 0) is 42.7 Å². The minimum absolute atomic E-state index is 0.0390. The van der Waals surface area contributed by atoms with Crippen molar-refractivity contribution in [3.05, 3.63) is 65.2 Å². The zero-order chi connectivity index (χ0) is 15.6. The van der Waals surface area contributed by atoms with Crippen LogP contribution in [0, 0.1) is 0 Å². The van der Waals surface area contributed by atoms with Crippen molar-refractivity contribution in [2.75, 3.05) is 6.61 Å². The Labute approximate surface area is 131 Å². The smallest absolute Gasteiger partial charge is 0.251 e. The predicted molar refractivity (Wildman–Crippen MR) is 87.2 cm³/mol. The molecule has 1 aliphatic rings. The Bertz CT molecular complexity index is 681. The zero-order valence-electron chi connectivity index (χ0n) is 13.1. The van der Waals surface area contributed by atoms with Crippen molar-refractivity contribution >= 4 is 5.91 Å². The van der Waals surface area contributed by atoms with Gasteiger partial charge in [0.1, 0.15) is 5.75 Å². The predicted octanol–water partition coefficient (Wildman–Crippen LogP) is 3.68.